The topological polar surface area (TPSA) is 72.4 Å². The number of fused-ring (bicyclic) bond motifs is 1. The van der Waals surface area contributed by atoms with Crippen molar-refractivity contribution in [1.82, 2.24) is 15.4 Å². The molecule has 0 fully saturated rings. The van der Waals surface area contributed by atoms with E-state index >= 15 is 0 Å². The van der Waals surface area contributed by atoms with Gasteiger partial charge in [0.15, 0.2) is 6.10 Å². The third-order valence-corrected chi connectivity index (χ3v) is 4.09. The number of ether oxygens (including phenoxy) is 1. The molecule has 0 spiro atoms. The van der Waals surface area contributed by atoms with E-state index in [-0.39, 0.29) is 12.5 Å². The van der Waals surface area contributed by atoms with Gasteiger partial charge in [0.1, 0.15) is 12.3 Å². The molecule has 0 aliphatic carbocycles. The molecular weight excluding hydrogens is 330 g/mol. The minimum Gasteiger partial charge on any atom is -0.481 e. The number of hydrogen-bond donors (Lipinski definition) is 2. The summed E-state index contributed by atoms with van der Waals surface area (Å²) < 4.78 is 7.46. The third-order valence-electron chi connectivity index (χ3n) is 4.09. The maximum absolute atomic E-state index is 12.1. The van der Waals surface area contributed by atoms with E-state index in [1.165, 1.54) is 0 Å². The largest absolute Gasteiger partial charge is 0.481 e. The van der Waals surface area contributed by atoms with Gasteiger partial charge in [-0.1, -0.05) is 36.4 Å². The molecule has 2 aromatic carbocycles. The van der Waals surface area contributed by atoms with Gasteiger partial charge >= 0.3 is 0 Å². The van der Waals surface area contributed by atoms with E-state index in [4.69, 9.17) is 4.74 Å². The molecular formula is C20H21N3O3. The molecule has 6 heteroatoms. The van der Waals surface area contributed by atoms with Crippen molar-refractivity contribution >= 4 is 22.7 Å². The van der Waals surface area contributed by atoms with Gasteiger partial charge in [-0.15, -0.1) is 0 Å². The van der Waals surface area contributed by atoms with E-state index in [0.29, 0.717) is 5.75 Å². The van der Waals surface area contributed by atoms with Crippen LogP contribution in [0.2, 0.25) is 0 Å². The highest BCUT2D eigenvalue weighted by Gasteiger charge is 2.16. The zero-order chi connectivity index (χ0) is 18.5. The first kappa shape index (κ1) is 17.5. The lowest BCUT2D eigenvalue weighted by Gasteiger charge is -2.16. The maximum Gasteiger partial charge on any atom is 0.279 e. The summed E-state index contributed by atoms with van der Waals surface area (Å²) in [6.45, 7) is 3.65. The standard InChI is InChI=1S/C20H21N3O3/c1-14-7-3-6-10-18(14)26-15(2)20(25)22-21-19(24)13-23-12-11-16-8-4-5-9-17(16)23/h3-12,15H,13H2,1-2H3,(H,21,24)(H,22,25). The molecule has 0 saturated heterocycles. The fraction of sp³-hybridized carbons (Fsp3) is 0.200. The molecule has 0 bridgehead atoms. The summed E-state index contributed by atoms with van der Waals surface area (Å²) in [5, 5.41) is 1.06. The predicted molar refractivity (Wildman–Crippen MR) is 99.5 cm³/mol. The molecule has 0 aliphatic rings. The summed E-state index contributed by atoms with van der Waals surface area (Å²) in [6, 6.07) is 17.2. The lowest BCUT2D eigenvalue weighted by molar-refractivity contribution is -0.132. The first-order valence-corrected chi connectivity index (χ1v) is 8.39. The van der Waals surface area contributed by atoms with Crippen LogP contribution in [0.1, 0.15) is 12.5 Å². The van der Waals surface area contributed by atoms with Crippen LogP contribution in [0.5, 0.6) is 5.75 Å². The number of benzene rings is 2. The number of hydrogen-bond acceptors (Lipinski definition) is 3. The van der Waals surface area contributed by atoms with Gasteiger partial charge in [0.05, 0.1) is 0 Å². The summed E-state index contributed by atoms with van der Waals surface area (Å²) >= 11 is 0. The molecule has 1 unspecified atom stereocenters. The Bertz CT molecular complexity index is 933. The van der Waals surface area contributed by atoms with Crippen molar-refractivity contribution in [2.75, 3.05) is 0 Å². The van der Waals surface area contributed by atoms with Gasteiger partial charge in [-0.3, -0.25) is 20.4 Å². The van der Waals surface area contributed by atoms with E-state index in [0.717, 1.165) is 16.5 Å². The molecule has 2 amide bonds. The molecule has 6 nitrogen and oxygen atoms in total. The molecule has 0 radical (unpaired) electrons. The Hall–Kier alpha value is -3.28. The molecule has 0 aliphatic heterocycles. The monoisotopic (exact) mass is 351 g/mol. The van der Waals surface area contributed by atoms with E-state index in [1.807, 2.05) is 66.2 Å². The van der Waals surface area contributed by atoms with Crippen molar-refractivity contribution in [2.45, 2.75) is 26.5 Å². The number of para-hydroxylation sites is 2. The molecule has 1 atom stereocenters. The predicted octanol–water partition coefficient (Wildman–Crippen LogP) is 2.56. The third kappa shape index (κ3) is 4.03. The van der Waals surface area contributed by atoms with Crippen LogP contribution in [0, 0.1) is 6.92 Å². The van der Waals surface area contributed by atoms with E-state index in [1.54, 1.807) is 13.0 Å². The lowest BCUT2D eigenvalue weighted by atomic mass is 10.2. The summed E-state index contributed by atoms with van der Waals surface area (Å²) in [7, 11) is 0. The highest BCUT2D eigenvalue weighted by atomic mass is 16.5. The van der Waals surface area contributed by atoms with Crippen LogP contribution in [0.15, 0.2) is 60.8 Å². The molecule has 1 aromatic heterocycles. The first-order valence-electron chi connectivity index (χ1n) is 8.39. The highest BCUT2D eigenvalue weighted by molar-refractivity contribution is 5.86. The Morgan fingerprint density at radius 3 is 2.58 bits per heavy atom. The van der Waals surface area contributed by atoms with Gasteiger partial charge < -0.3 is 9.30 Å². The number of rotatable bonds is 5. The average Bonchev–Trinajstić information content (AvgIpc) is 3.04. The quantitative estimate of drug-likeness (QED) is 0.694. The Morgan fingerprint density at radius 2 is 1.77 bits per heavy atom. The van der Waals surface area contributed by atoms with Crippen LogP contribution in [-0.4, -0.2) is 22.5 Å². The Balaban J connectivity index is 1.52. The van der Waals surface area contributed by atoms with Crippen molar-refractivity contribution in [3.05, 3.63) is 66.4 Å². The minimum absolute atomic E-state index is 0.112. The number of hydrazine groups is 1. The van der Waals surface area contributed by atoms with Crippen molar-refractivity contribution in [2.24, 2.45) is 0 Å². The number of nitrogens with one attached hydrogen (secondary N) is 2. The van der Waals surface area contributed by atoms with Crippen LogP contribution in [0.25, 0.3) is 10.9 Å². The fourth-order valence-corrected chi connectivity index (χ4v) is 2.64. The number of amides is 2. The fourth-order valence-electron chi connectivity index (χ4n) is 2.64. The Labute approximate surface area is 151 Å². The van der Waals surface area contributed by atoms with Crippen LogP contribution in [0.3, 0.4) is 0 Å². The van der Waals surface area contributed by atoms with Crippen LogP contribution in [-0.2, 0) is 16.1 Å². The minimum atomic E-state index is -0.733. The summed E-state index contributed by atoms with van der Waals surface area (Å²) in [6.07, 6.45) is 1.11. The Kier molecular flexibility index (Phi) is 5.22. The van der Waals surface area contributed by atoms with E-state index in [9.17, 15) is 9.59 Å². The number of aryl methyl sites for hydroxylation is 1. The molecule has 3 aromatic rings. The molecule has 1 heterocycles. The normalized spacial score (nSPS) is 11.8. The van der Waals surface area contributed by atoms with Crippen LogP contribution < -0.4 is 15.6 Å². The second-order valence-electron chi connectivity index (χ2n) is 6.07. The maximum atomic E-state index is 12.1. The second kappa shape index (κ2) is 7.74. The van der Waals surface area contributed by atoms with Crippen molar-refractivity contribution in [3.8, 4) is 5.75 Å². The van der Waals surface area contributed by atoms with Gasteiger partial charge in [-0.05, 0) is 43.0 Å². The number of carbonyl (C=O) groups excluding carboxylic acids is 2. The van der Waals surface area contributed by atoms with Gasteiger partial charge in [0.25, 0.3) is 11.8 Å². The molecule has 0 saturated carbocycles. The van der Waals surface area contributed by atoms with Gasteiger partial charge in [-0.25, -0.2) is 0 Å². The zero-order valence-electron chi connectivity index (χ0n) is 14.7. The first-order chi connectivity index (χ1) is 12.5. The molecule has 3 rings (SSSR count). The van der Waals surface area contributed by atoms with E-state index in [2.05, 4.69) is 10.9 Å². The zero-order valence-corrected chi connectivity index (χ0v) is 14.7. The number of aromatic nitrogens is 1. The van der Waals surface area contributed by atoms with Crippen molar-refractivity contribution in [3.63, 3.8) is 0 Å². The van der Waals surface area contributed by atoms with Crippen LogP contribution in [0.4, 0.5) is 0 Å². The van der Waals surface area contributed by atoms with Gasteiger partial charge in [-0.2, -0.15) is 0 Å². The lowest BCUT2D eigenvalue weighted by Crippen LogP contribution is -2.48. The van der Waals surface area contributed by atoms with Gasteiger partial charge in [0, 0.05) is 11.7 Å². The number of nitrogens with zero attached hydrogens (tertiary/aromatic N) is 1. The smallest absolute Gasteiger partial charge is 0.279 e. The molecule has 26 heavy (non-hydrogen) atoms. The number of carbonyl (C=O) groups is 2. The van der Waals surface area contributed by atoms with E-state index < -0.39 is 12.0 Å². The molecule has 2 N–H and O–H groups in total. The SMILES string of the molecule is Cc1ccccc1OC(C)C(=O)NNC(=O)Cn1ccc2ccccc21. The summed E-state index contributed by atoms with van der Waals surface area (Å²) in [5.41, 5.74) is 6.74. The Morgan fingerprint density at radius 1 is 1.04 bits per heavy atom. The average molecular weight is 351 g/mol. The van der Waals surface area contributed by atoms with Crippen molar-refractivity contribution < 1.29 is 14.3 Å². The summed E-state index contributed by atoms with van der Waals surface area (Å²) in [4.78, 5) is 24.2. The van der Waals surface area contributed by atoms with Crippen LogP contribution >= 0.6 is 0 Å². The highest BCUT2D eigenvalue weighted by Crippen LogP contribution is 2.17. The molecule has 134 valence electrons. The summed E-state index contributed by atoms with van der Waals surface area (Å²) in [5.74, 6) is -0.0953. The second-order valence-corrected chi connectivity index (χ2v) is 6.07. The van der Waals surface area contributed by atoms with Gasteiger partial charge in [0.2, 0.25) is 0 Å². The van der Waals surface area contributed by atoms with Crippen molar-refractivity contribution in [1.29, 1.82) is 0 Å².